The van der Waals surface area contributed by atoms with Gasteiger partial charge in [-0.1, -0.05) is 115 Å². The van der Waals surface area contributed by atoms with Gasteiger partial charge >= 0.3 is 0 Å². The van der Waals surface area contributed by atoms with E-state index in [1.54, 1.807) is 0 Å². The summed E-state index contributed by atoms with van der Waals surface area (Å²) in [5.41, 5.74) is 9.51. The van der Waals surface area contributed by atoms with E-state index in [1.165, 1.54) is 5.57 Å². The maximum Gasteiger partial charge on any atom is 0.164 e. The van der Waals surface area contributed by atoms with Crippen LogP contribution in [0.15, 0.2) is 160 Å². The van der Waals surface area contributed by atoms with Crippen LogP contribution in [0.4, 0.5) is 0 Å². The van der Waals surface area contributed by atoms with Gasteiger partial charge in [-0.2, -0.15) is 0 Å². The van der Waals surface area contributed by atoms with Gasteiger partial charge < -0.3 is 8.83 Å². The summed E-state index contributed by atoms with van der Waals surface area (Å²) in [6, 6.07) is 36.8. The summed E-state index contributed by atoms with van der Waals surface area (Å²) >= 11 is 0. The van der Waals surface area contributed by atoms with Crippen LogP contribution >= 0.6 is 0 Å². The van der Waals surface area contributed by atoms with Crippen molar-refractivity contribution in [2.45, 2.75) is 6.42 Å². The molecule has 0 aliphatic heterocycles. The molecule has 226 valence electrons. The molecule has 1 atom stereocenters. The first-order valence-corrected chi connectivity index (χ1v) is 16.2. The van der Waals surface area contributed by atoms with Crippen LogP contribution in [0.2, 0.25) is 0 Å². The maximum absolute atomic E-state index is 6.52. The molecule has 10 rings (SSSR count). The molecule has 3 aromatic heterocycles. The van der Waals surface area contributed by atoms with E-state index in [1.807, 2.05) is 78.9 Å². The number of para-hydroxylation sites is 2. The largest absolute Gasteiger partial charge is 0.456 e. The molecule has 8 aromatic rings. The molecular formula is C43H27N3O2. The number of benzene rings is 5. The smallest absolute Gasteiger partial charge is 0.164 e. The number of fused-ring (bicyclic) bond motifs is 7. The van der Waals surface area contributed by atoms with Crippen molar-refractivity contribution >= 4 is 49.5 Å². The fourth-order valence-electron chi connectivity index (χ4n) is 7.15. The zero-order chi connectivity index (χ0) is 31.6. The van der Waals surface area contributed by atoms with E-state index in [0.29, 0.717) is 23.4 Å². The van der Waals surface area contributed by atoms with E-state index in [9.17, 15) is 0 Å². The van der Waals surface area contributed by atoms with Crippen LogP contribution in [0.25, 0.3) is 83.6 Å². The molecule has 0 fully saturated rings. The van der Waals surface area contributed by atoms with Crippen molar-refractivity contribution in [3.05, 3.63) is 157 Å². The first kappa shape index (κ1) is 26.8. The summed E-state index contributed by atoms with van der Waals surface area (Å²) in [7, 11) is 0. The number of hydrogen-bond acceptors (Lipinski definition) is 5. The molecule has 3 heterocycles. The van der Waals surface area contributed by atoms with Crippen LogP contribution in [0, 0.1) is 5.92 Å². The lowest BCUT2D eigenvalue weighted by molar-refractivity contribution is 0.668. The number of furan rings is 2. The van der Waals surface area contributed by atoms with Crippen molar-refractivity contribution in [2.24, 2.45) is 5.92 Å². The number of rotatable bonds is 4. The molecule has 0 amide bonds. The second-order valence-electron chi connectivity index (χ2n) is 12.3. The Balaban J connectivity index is 1.26. The molecule has 5 heteroatoms. The maximum atomic E-state index is 6.52. The van der Waals surface area contributed by atoms with Gasteiger partial charge in [0.1, 0.15) is 22.3 Å². The highest BCUT2D eigenvalue weighted by Crippen LogP contribution is 2.42. The average molecular weight is 618 g/mol. The summed E-state index contributed by atoms with van der Waals surface area (Å²) in [5.74, 6) is 2.19. The van der Waals surface area contributed by atoms with Gasteiger partial charge in [-0.3, -0.25) is 0 Å². The van der Waals surface area contributed by atoms with Gasteiger partial charge in [0.2, 0.25) is 0 Å². The minimum absolute atomic E-state index is 0.411. The van der Waals surface area contributed by atoms with Gasteiger partial charge in [-0.15, -0.1) is 0 Å². The highest BCUT2D eigenvalue weighted by molar-refractivity contribution is 6.14. The molecule has 5 nitrogen and oxygen atoms in total. The summed E-state index contributed by atoms with van der Waals surface area (Å²) in [6.45, 7) is 0. The van der Waals surface area contributed by atoms with Crippen LogP contribution in [0.5, 0.6) is 0 Å². The zero-order valence-electron chi connectivity index (χ0n) is 25.8. The molecule has 1 unspecified atom stereocenters. The van der Waals surface area contributed by atoms with E-state index in [2.05, 4.69) is 66.8 Å². The van der Waals surface area contributed by atoms with Gasteiger partial charge in [0.25, 0.3) is 0 Å². The normalized spacial score (nSPS) is 15.7. The predicted molar refractivity (Wildman–Crippen MR) is 193 cm³/mol. The third-order valence-corrected chi connectivity index (χ3v) is 9.45. The Kier molecular flexibility index (Phi) is 5.93. The molecule has 2 aliphatic rings. The van der Waals surface area contributed by atoms with Crippen molar-refractivity contribution in [2.75, 3.05) is 0 Å². The lowest BCUT2D eigenvalue weighted by atomic mass is 9.83. The van der Waals surface area contributed by atoms with Gasteiger partial charge in [0.15, 0.2) is 17.5 Å². The Labute approximate surface area is 275 Å². The van der Waals surface area contributed by atoms with Crippen molar-refractivity contribution in [1.82, 2.24) is 15.0 Å². The Morgan fingerprint density at radius 2 is 1.21 bits per heavy atom. The molecule has 0 radical (unpaired) electrons. The van der Waals surface area contributed by atoms with Crippen LogP contribution in [-0.4, -0.2) is 15.0 Å². The van der Waals surface area contributed by atoms with Gasteiger partial charge in [0.05, 0.1) is 0 Å². The highest BCUT2D eigenvalue weighted by Gasteiger charge is 2.23. The van der Waals surface area contributed by atoms with E-state index in [0.717, 1.165) is 78.1 Å². The number of allylic oxidation sites excluding steroid dienone is 8. The molecule has 0 bridgehead atoms. The van der Waals surface area contributed by atoms with Crippen molar-refractivity contribution in [1.29, 1.82) is 0 Å². The highest BCUT2D eigenvalue weighted by atomic mass is 16.3. The number of nitrogens with zero attached hydrogens (tertiary/aromatic N) is 3. The third kappa shape index (κ3) is 4.28. The van der Waals surface area contributed by atoms with E-state index in [-0.39, 0.29) is 0 Å². The topological polar surface area (TPSA) is 65.0 Å². The first-order valence-electron chi connectivity index (χ1n) is 16.2. The molecule has 0 N–H and O–H groups in total. The molecular weight excluding hydrogens is 590 g/mol. The first-order chi connectivity index (χ1) is 23.8. The van der Waals surface area contributed by atoms with Crippen molar-refractivity contribution in [3.8, 4) is 34.2 Å². The summed E-state index contributed by atoms with van der Waals surface area (Å²) < 4.78 is 12.8. The monoisotopic (exact) mass is 617 g/mol. The molecule has 5 aromatic carbocycles. The zero-order valence-corrected chi connectivity index (χ0v) is 25.8. The van der Waals surface area contributed by atoms with Gasteiger partial charge in [-0.25, -0.2) is 15.0 Å². The minimum atomic E-state index is 0.411. The SMILES string of the molecule is C1=CC2=CC(c3cc(-c4nc(-c5ccccc5)nc(-c5cccc6oc7ccccc7c56)n4)c4c(c3)oc3ccccc34)=CCC2C=C1. The van der Waals surface area contributed by atoms with Crippen molar-refractivity contribution < 1.29 is 8.83 Å². The molecule has 0 saturated carbocycles. The average Bonchev–Trinajstić information content (AvgIpc) is 3.73. The lowest BCUT2D eigenvalue weighted by Gasteiger charge is -2.21. The van der Waals surface area contributed by atoms with Crippen LogP contribution in [0.1, 0.15) is 12.0 Å². The Morgan fingerprint density at radius 3 is 2.02 bits per heavy atom. The molecule has 2 aliphatic carbocycles. The number of hydrogen-bond donors (Lipinski definition) is 0. The molecule has 48 heavy (non-hydrogen) atoms. The Hall–Kier alpha value is -6.33. The van der Waals surface area contributed by atoms with Crippen LogP contribution < -0.4 is 0 Å². The number of aromatic nitrogens is 3. The summed E-state index contributed by atoms with van der Waals surface area (Å²) in [5, 5.41) is 4.02. The Morgan fingerprint density at radius 1 is 0.542 bits per heavy atom. The second-order valence-corrected chi connectivity index (χ2v) is 12.3. The standard InChI is InChI=1S/C43H27N3O2/c1-2-12-27(13-3-1)41-44-42(33-17-10-20-37-39(33)31-15-6-8-18-35(31)47-37)46-43(45-41)34-24-30(29-22-21-26-11-4-5-14-28(26)23-29)25-38-40(34)32-16-7-9-19-36(32)48-38/h1-20,22-26H,21H2. The second kappa shape index (κ2) is 10.6. The summed E-state index contributed by atoms with van der Waals surface area (Å²) in [4.78, 5) is 15.5. The molecule has 0 spiro atoms. The van der Waals surface area contributed by atoms with Crippen LogP contribution in [-0.2, 0) is 0 Å². The summed E-state index contributed by atoms with van der Waals surface area (Å²) in [6.07, 6.45) is 14.3. The van der Waals surface area contributed by atoms with E-state index >= 15 is 0 Å². The quantitative estimate of drug-likeness (QED) is 0.197. The van der Waals surface area contributed by atoms with Gasteiger partial charge in [-0.05, 0) is 53.5 Å². The predicted octanol–water partition coefficient (Wildman–Crippen LogP) is 11.1. The van der Waals surface area contributed by atoms with E-state index < -0.39 is 0 Å². The van der Waals surface area contributed by atoms with Gasteiger partial charge in [0, 0.05) is 44.2 Å². The Bertz CT molecular complexity index is 2710. The fraction of sp³-hybridized carbons (Fsp3) is 0.0465. The third-order valence-electron chi connectivity index (χ3n) is 9.45. The van der Waals surface area contributed by atoms with Crippen LogP contribution in [0.3, 0.4) is 0 Å². The minimum Gasteiger partial charge on any atom is -0.456 e. The fourth-order valence-corrected chi connectivity index (χ4v) is 7.15. The molecule has 0 saturated heterocycles. The van der Waals surface area contributed by atoms with E-state index in [4.69, 9.17) is 23.8 Å². The van der Waals surface area contributed by atoms with Crippen molar-refractivity contribution in [3.63, 3.8) is 0 Å². The lowest BCUT2D eigenvalue weighted by Crippen LogP contribution is -2.05.